The second-order valence-electron chi connectivity index (χ2n) is 4.64. The van der Waals surface area contributed by atoms with Gasteiger partial charge in [0.25, 0.3) is 10.0 Å². The summed E-state index contributed by atoms with van der Waals surface area (Å²) in [5.74, 6) is -1.09. The number of hydrogen-bond acceptors (Lipinski definition) is 3. The summed E-state index contributed by atoms with van der Waals surface area (Å²) >= 11 is 0. The summed E-state index contributed by atoms with van der Waals surface area (Å²) in [5.41, 5.74) is 1.63. The molecule has 1 N–H and O–H groups in total. The van der Waals surface area contributed by atoms with Crippen LogP contribution in [-0.4, -0.2) is 26.5 Å². The van der Waals surface area contributed by atoms with Crippen LogP contribution in [0.15, 0.2) is 53.4 Å². The molecule has 0 amide bonds. The summed E-state index contributed by atoms with van der Waals surface area (Å²) in [6.45, 7) is 1.92. The van der Waals surface area contributed by atoms with E-state index in [9.17, 15) is 13.2 Å². The van der Waals surface area contributed by atoms with Crippen molar-refractivity contribution in [1.29, 1.82) is 0 Å². The van der Waals surface area contributed by atoms with Gasteiger partial charge >= 0.3 is 5.97 Å². The van der Waals surface area contributed by atoms with Crippen LogP contribution in [0.4, 0.5) is 5.69 Å². The lowest BCUT2D eigenvalue weighted by atomic mass is 10.2. The molecule has 0 heterocycles. The van der Waals surface area contributed by atoms with E-state index in [2.05, 4.69) is 0 Å². The Bertz CT molecular complexity index is 749. The van der Waals surface area contributed by atoms with E-state index in [1.807, 2.05) is 19.1 Å². The molecule has 0 bridgehead atoms. The van der Waals surface area contributed by atoms with Gasteiger partial charge in [0.05, 0.1) is 16.1 Å². The van der Waals surface area contributed by atoms with Gasteiger partial charge in [-0.25, -0.2) is 13.2 Å². The number of nitrogens with zero attached hydrogens (tertiary/aromatic N) is 1. The van der Waals surface area contributed by atoms with Gasteiger partial charge in [0.15, 0.2) is 0 Å². The van der Waals surface area contributed by atoms with Crippen molar-refractivity contribution >= 4 is 21.7 Å². The van der Waals surface area contributed by atoms with Crippen molar-refractivity contribution < 1.29 is 18.3 Å². The number of anilines is 1. The lowest BCUT2D eigenvalue weighted by Gasteiger charge is -2.19. The number of rotatable bonds is 4. The zero-order valence-corrected chi connectivity index (χ0v) is 12.5. The molecule has 2 rings (SSSR count). The smallest absolute Gasteiger partial charge is 0.335 e. The average molecular weight is 305 g/mol. The molecule has 2 aromatic carbocycles. The highest BCUT2D eigenvalue weighted by Crippen LogP contribution is 2.22. The zero-order chi connectivity index (χ0) is 15.6. The molecule has 0 aliphatic heterocycles. The molecule has 110 valence electrons. The third-order valence-electron chi connectivity index (χ3n) is 3.16. The minimum absolute atomic E-state index is 0.0481. The topological polar surface area (TPSA) is 74.7 Å². The van der Waals surface area contributed by atoms with E-state index in [0.717, 1.165) is 5.56 Å². The molecule has 0 saturated heterocycles. The van der Waals surface area contributed by atoms with Gasteiger partial charge < -0.3 is 5.11 Å². The van der Waals surface area contributed by atoms with Crippen LogP contribution in [0.2, 0.25) is 0 Å². The van der Waals surface area contributed by atoms with Crippen LogP contribution in [0, 0.1) is 6.92 Å². The summed E-state index contributed by atoms with van der Waals surface area (Å²) in [7, 11) is -2.24. The Hall–Kier alpha value is -2.34. The Balaban J connectivity index is 2.36. The van der Waals surface area contributed by atoms with Crippen LogP contribution in [0.25, 0.3) is 0 Å². The van der Waals surface area contributed by atoms with Gasteiger partial charge in [0.2, 0.25) is 0 Å². The Labute approximate surface area is 123 Å². The normalized spacial score (nSPS) is 11.1. The average Bonchev–Trinajstić information content (AvgIpc) is 2.47. The number of carboxylic acid groups (broad SMARTS) is 1. The first-order valence-corrected chi connectivity index (χ1v) is 7.65. The van der Waals surface area contributed by atoms with Gasteiger partial charge in [-0.2, -0.15) is 0 Å². The van der Waals surface area contributed by atoms with Gasteiger partial charge in [-0.15, -0.1) is 0 Å². The number of sulfonamides is 1. The highest BCUT2D eigenvalue weighted by molar-refractivity contribution is 7.92. The standard InChI is InChI=1S/C15H15NO4S/c1-11-3-7-13(8-4-11)16(2)21(19,20)14-9-5-12(6-10-14)15(17)18/h3-10H,1-2H3,(H,17,18). The van der Waals surface area contributed by atoms with Crippen LogP contribution in [0.5, 0.6) is 0 Å². The molecule has 0 fully saturated rings. The molecule has 5 nitrogen and oxygen atoms in total. The molecule has 2 aromatic rings. The molecule has 0 unspecified atom stereocenters. The lowest BCUT2D eigenvalue weighted by Crippen LogP contribution is -2.26. The summed E-state index contributed by atoms with van der Waals surface area (Å²) in [6, 6.07) is 12.2. The second kappa shape index (κ2) is 5.57. The molecule has 0 aromatic heterocycles. The molecule has 0 radical (unpaired) electrons. The molecule has 0 spiro atoms. The Morgan fingerprint density at radius 1 is 1.00 bits per heavy atom. The van der Waals surface area contributed by atoms with Crippen molar-refractivity contribution in [3.8, 4) is 0 Å². The van der Waals surface area contributed by atoms with E-state index in [0.29, 0.717) is 5.69 Å². The fourth-order valence-electron chi connectivity index (χ4n) is 1.82. The first kappa shape index (κ1) is 15.1. The van der Waals surface area contributed by atoms with E-state index in [1.54, 1.807) is 12.1 Å². The van der Waals surface area contributed by atoms with Crippen molar-refractivity contribution in [2.45, 2.75) is 11.8 Å². The van der Waals surface area contributed by atoms with Crippen molar-refractivity contribution in [3.63, 3.8) is 0 Å². The molecule has 0 aliphatic rings. The number of hydrogen-bond donors (Lipinski definition) is 1. The molecule has 21 heavy (non-hydrogen) atoms. The largest absolute Gasteiger partial charge is 0.478 e. The summed E-state index contributed by atoms with van der Waals surface area (Å²) in [5, 5.41) is 8.83. The molecule has 0 aliphatic carbocycles. The molecular weight excluding hydrogens is 290 g/mol. The predicted octanol–water partition coefficient (Wildman–Crippen LogP) is 2.52. The van der Waals surface area contributed by atoms with Crippen LogP contribution in [-0.2, 0) is 10.0 Å². The molecule has 0 saturated carbocycles. The summed E-state index contributed by atoms with van der Waals surface area (Å²) < 4.78 is 26.1. The van der Waals surface area contributed by atoms with Crippen molar-refractivity contribution in [2.75, 3.05) is 11.4 Å². The van der Waals surface area contributed by atoms with E-state index < -0.39 is 16.0 Å². The number of benzene rings is 2. The first-order valence-electron chi connectivity index (χ1n) is 6.21. The zero-order valence-electron chi connectivity index (χ0n) is 11.6. The van der Waals surface area contributed by atoms with Crippen molar-refractivity contribution in [3.05, 3.63) is 59.7 Å². The second-order valence-corrected chi connectivity index (χ2v) is 6.61. The summed E-state index contributed by atoms with van der Waals surface area (Å²) in [4.78, 5) is 10.8. The fourth-order valence-corrected chi connectivity index (χ4v) is 3.02. The van der Waals surface area contributed by atoms with Gasteiger partial charge in [-0.05, 0) is 43.3 Å². The van der Waals surface area contributed by atoms with Gasteiger partial charge in [0.1, 0.15) is 0 Å². The monoisotopic (exact) mass is 305 g/mol. The first-order chi connectivity index (χ1) is 9.82. The van der Waals surface area contributed by atoms with Gasteiger partial charge in [-0.3, -0.25) is 4.31 Å². The van der Waals surface area contributed by atoms with Crippen molar-refractivity contribution in [2.24, 2.45) is 0 Å². The quantitative estimate of drug-likeness (QED) is 0.942. The third-order valence-corrected chi connectivity index (χ3v) is 4.96. The lowest BCUT2D eigenvalue weighted by molar-refractivity contribution is 0.0697. The minimum atomic E-state index is -3.71. The maximum atomic E-state index is 12.5. The van der Waals surface area contributed by atoms with Gasteiger partial charge in [-0.1, -0.05) is 17.7 Å². The molecule has 0 atom stereocenters. The highest BCUT2D eigenvalue weighted by Gasteiger charge is 2.21. The Morgan fingerprint density at radius 2 is 1.52 bits per heavy atom. The van der Waals surface area contributed by atoms with Crippen LogP contribution >= 0.6 is 0 Å². The highest BCUT2D eigenvalue weighted by atomic mass is 32.2. The molecular formula is C15H15NO4S. The number of aromatic carboxylic acids is 1. The predicted molar refractivity (Wildman–Crippen MR) is 80.2 cm³/mol. The Morgan fingerprint density at radius 3 is 2.00 bits per heavy atom. The maximum absolute atomic E-state index is 12.5. The number of aryl methyl sites for hydroxylation is 1. The fraction of sp³-hybridized carbons (Fsp3) is 0.133. The van der Waals surface area contributed by atoms with Crippen LogP contribution in [0.1, 0.15) is 15.9 Å². The Kier molecular flexibility index (Phi) is 3.99. The molecule has 6 heteroatoms. The maximum Gasteiger partial charge on any atom is 0.335 e. The van der Waals surface area contributed by atoms with Crippen LogP contribution in [0.3, 0.4) is 0 Å². The van der Waals surface area contributed by atoms with Gasteiger partial charge in [0, 0.05) is 7.05 Å². The van der Waals surface area contributed by atoms with E-state index >= 15 is 0 Å². The van der Waals surface area contributed by atoms with Crippen LogP contribution < -0.4 is 4.31 Å². The minimum Gasteiger partial charge on any atom is -0.478 e. The third kappa shape index (κ3) is 3.05. The van der Waals surface area contributed by atoms with E-state index in [4.69, 9.17) is 5.11 Å². The number of carboxylic acids is 1. The summed E-state index contributed by atoms with van der Waals surface area (Å²) in [6.07, 6.45) is 0. The van der Waals surface area contributed by atoms with E-state index in [1.165, 1.54) is 35.6 Å². The SMILES string of the molecule is Cc1ccc(N(C)S(=O)(=O)c2ccc(C(=O)O)cc2)cc1. The van der Waals surface area contributed by atoms with Crippen molar-refractivity contribution in [1.82, 2.24) is 0 Å². The number of carbonyl (C=O) groups is 1. The van der Waals surface area contributed by atoms with E-state index in [-0.39, 0.29) is 10.5 Å².